The Kier molecular flexibility index (Phi) is 4.15. The van der Waals surface area contributed by atoms with Crippen LogP contribution in [0.5, 0.6) is 17.2 Å². The first-order valence-corrected chi connectivity index (χ1v) is 5.21. The van der Waals surface area contributed by atoms with Gasteiger partial charge in [0.2, 0.25) is 0 Å². The van der Waals surface area contributed by atoms with Crippen LogP contribution in [0.4, 0.5) is 0 Å². The van der Waals surface area contributed by atoms with Crippen LogP contribution in [0.1, 0.15) is 29.8 Å². The molecule has 2 N–H and O–H groups in total. The molecule has 0 amide bonds. The first kappa shape index (κ1) is 13.1. The summed E-state index contributed by atoms with van der Waals surface area (Å²) in [6.45, 7) is 3.83. The highest BCUT2D eigenvalue weighted by Gasteiger charge is 2.16. The normalized spacial score (nSPS) is 9.82. The van der Waals surface area contributed by atoms with Crippen molar-refractivity contribution in [2.45, 2.75) is 20.3 Å². The molecule has 0 aromatic heterocycles. The van der Waals surface area contributed by atoms with E-state index in [0.29, 0.717) is 18.3 Å². The van der Waals surface area contributed by atoms with Crippen molar-refractivity contribution in [3.05, 3.63) is 28.8 Å². The van der Waals surface area contributed by atoms with Crippen LogP contribution in [0.3, 0.4) is 0 Å². The molecule has 4 nitrogen and oxygen atoms in total. The van der Waals surface area contributed by atoms with Crippen LogP contribution in [0.2, 0.25) is 0 Å². The molecule has 0 spiro atoms. The number of phenolic OH excluding ortho intramolecular Hbond substituents is 2. The lowest BCUT2D eigenvalue weighted by Crippen LogP contribution is -1.95. The number of phenols is 2. The number of ether oxygens (including phenoxy) is 1. The summed E-state index contributed by atoms with van der Waals surface area (Å²) < 4.78 is 4.91. The Morgan fingerprint density at radius 2 is 2.06 bits per heavy atom. The van der Waals surface area contributed by atoms with E-state index < -0.39 is 0 Å². The topological polar surface area (TPSA) is 66.8 Å². The molecule has 4 heteroatoms. The molecule has 1 aromatic carbocycles. The Balaban J connectivity index is 3.31. The SMILES string of the molecule is COc1cc(O)c(CC=C(C)C)c(O)c1C=O. The quantitative estimate of drug-likeness (QED) is 0.622. The van der Waals surface area contributed by atoms with Crippen LogP contribution in [0, 0.1) is 0 Å². The summed E-state index contributed by atoms with van der Waals surface area (Å²) in [4.78, 5) is 10.9. The minimum atomic E-state index is -0.227. The van der Waals surface area contributed by atoms with Crippen molar-refractivity contribution in [1.82, 2.24) is 0 Å². The van der Waals surface area contributed by atoms with Crippen LogP contribution >= 0.6 is 0 Å². The Morgan fingerprint density at radius 3 is 2.53 bits per heavy atom. The number of carbonyl (C=O) groups excluding carboxylic acids is 1. The van der Waals surface area contributed by atoms with Gasteiger partial charge in [-0.15, -0.1) is 0 Å². The summed E-state index contributed by atoms with van der Waals surface area (Å²) in [5.41, 5.74) is 1.45. The average molecular weight is 236 g/mol. The second-order valence-electron chi connectivity index (χ2n) is 3.94. The van der Waals surface area contributed by atoms with E-state index in [2.05, 4.69) is 0 Å². The van der Waals surface area contributed by atoms with Crippen molar-refractivity contribution >= 4 is 6.29 Å². The molecule has 0 atom stereocenters. The van der Waals surface area contributed by atoms with E-state index >= 15 is 0 Å². The fraction of sp³-hybridized carbons (Fsp3) is 0.308. The second kappa shape index (κ2) is 5.39. The number of rotatable bonds is 4. The van der Waals surface area contributed by atoms with Gasteiger partial charge in [-0.1, -0.05) is 11.6 Å². The van der Waals surface area contributed by atoms with E-state index in [1.54, 1.807) is 0 Å². The zero-order chi connectivity index (χ0) is 13.0. The van der Waals surface area contributed by atoms with Crippen molar-refractivity contribution in [3.8, 4) is 17.2 Å². The lowest BCUT2D eigenvalue weighted by atomic mass is 10.0. The van der Waals surface area contributed by atoms with Crippen molar-refractivity contribution < 1.29 is 19.7 Å². The van der Waals surface area contributed by atoms with Crippen LogP contribution in [-0.2, 0) is 6.42 Å². The van der Waals surface area contributed by atoms with E-state index in [4.69, 9.17) is 4.74 Å². The third kappa shape index (κ3) is 2.78. The standard InChI is InChI=1S/C13H16O4/c1-8(2)4-5-9-11(15)6-12(17-3)10(7-14)13(9)16/h4,6-7,15-16H,5H2,1-3H3. The summed E-state index contributed by atoms with van der Waals surface area (Å²) in [5, 5.41) is 19.6. The summed E-state index contributed by atoms with van der Waals surface area (Å²) in [7, 11) is 1.37. The maximum absolute atomic E-state index is 10.9. The van der Waals surface area contributed by atoms with Gasteiger partial charge < -0.3 is 14.9 Å². The smallest absolute Gasteiger partial charge is 0.157 e. The monoisotopic (exact) mass is 236 g/mol. The van der Waals surface area contributed by atoms with Crippen LogP contribution < -0.4 is 4.74 Å². The predicted molar refractivity (Wildman–Crippen MR) is 64.8 cm³/mol. The van der Waals surface area contributed by atoms with Gasteiger partial charge in [0.05, 0.1) is 12.7 Å². The number of allylic oxidation sites excluding steroid dienone is 2. The van der Waals surface area contributed by atoms with Crippen LogP contribution in [0.15, 0.2) is 17.7 Å². The zero-order valence-electron chi connectivity index (χ0n) is 10.2. The largest absolute Gasteiger partial charge is 0.507 e. The molecule has 0 aliphatic carbocycles. The molecule has 0 saturated carbocycles. The van der Waals surface area contributed by atoms with Gasteiger partial charge in [-0.3, -0.25) is 4.79 Å². The predicted octanol–water partition coefficient (Wildman–Crippen LogP) is 2.43. The highest BCUT2D eigenvalue weighted by atomic mass is 16.5. The lowest BCUT2D eigenvalue weighted by molar-refractivity contribution is 0.111. The molecule has 1 rings (SSSR count). The van der Waals surface area contributed by atoms with E-state index in [-0.39, 0.29) is 22.8 Å². The minimum Gasteiger partial charge on any atom is -0.507 e. The second-order valence-corrected chi connectivity index (χ2v) is 3.94. The first-order chi connectivity index (χ1) is 8.01. The maximum atomic E-state index is 10.9. The molecule has 0 fully saturated rings. The summed E-state index contributed by atoms with van der Waals surface area (Å²) in [5.74, 6) is -0.146. The van der Waals surface area contributed by atoms with Gasteiger partial charge in [0, 0.05) is 11.6 Å². The van der Waals surface area contributed by atoms with Gasteiger partial charge in [0.15, 0.2) is 6.29 Å². The van der Waals surface area contributed by atoms with Gasteiger partial charge in [-0.05, 0) is 20.3 Å². The molecule has 0 unspecified atom stereocenters. The molecule has 0 bridgehead atoms. The highest BCUT2D eigenvalue weighted by Crippen LogP contribution is 2.37. The maximum Gasteiger partial charge on any atom is 0.157 e. The highest BCUT2D eigenvalue weighted by molar-refractivity contribution is 5.85. The van der Waals surface area contributed by atoms with Gasteiger partial charge in [0.25, 0.3) is 0 Å². The number of hydrogen-bond donors (Lipinski definition) is 2. The number of hydrogen-bond acceptors (Lipinski definition) is 4. The Morgan fingerprint density at radius 1 is 1.41 bits per heavy atom. The molecular formula is C13H16O4. The summed E-state index contributed by atoms with van der Waals surface area (Å²) in [6, 6.07) is 1.33. The Hall–Kier alpha value is -1.97. The Bertz CT molecular complexity index is 457. The number of carbonyl (C=O) groups is 1. The van der Waals surface area contributed by atoms with E-state index in [9.17, 15) is 15.0 Å². The summed E-state index contributed by atoms with van der Waals surface area (Å²) >= 11 is 0. The molecule has 0 radical (unpaired) electrons. The Labute approximate surface area is 100 Å². The van der Waals surface area contributed by atoms with E-state index in [1.807, 2.05) is 19.9 Å². The van der Waals surface area contributed by atoms with Crippen molar-refractivity contribution in [3.63, 3.8) is 0 Å². The third-order valence-corrected chi connectivity index (χ3v) is 2.44. The number of aldehydes is 1. The number of aromatic hydroxyl groups is 2. The fourth-order valence-corrected chi connectivity index (χ4v) is 1.48. The number of benzene rings is 1. The van der Waals surface area contributed by atoms with Gasteiger partial charge in [-0.2, -0.15) is 0 Å². The molecule has 92 valence electrons. The zero-order valence-corrected chi connectivity index (χ0v) is 10.2. The summed E-state index contributed by atoms with van der Waals surface area (Å²) in [6.07, 6.45) is 2.74. The van der Waals surface area contributed by atoms with Crippen LogP contribution in [-0.4, -0.2) is 23.6 Å². The van der Waals surface area contributed by atoms with E-state index in [0.717, 1.165) is 5.57 Å². The van der Waals surface area contributed by atoms with Crippen molar-refractivity contribution in [2.75, 3.05) is 7.11 Å². The van der Waals surface area contributed by atoms with Gasteiger partial charge in [0.1, 0.15) is 17.2 Å². The first-order valence-electron chi connectivity index (χ1n) is 5.21. The van der Waals surface area contributed by atoms with Crippen molar-refractivity contribution in [2.24, 2.45) is 0 Å². The van der Waals surface area contributed by atoms with Crippen molar-refractivity contribution in [1.29, 1.82) is 0 Å². The molecular weight excluding hydrogens is 220 g/mol. The number of methoxy groups -OCH3 is 1. The van der Waals surface area contributed by atoms with Gasteiger partial charge in [-0.25, -0.2) is 0 Å². The van der Waals surface area contributed by atoms with E-state index in [1.165, 1.54) is 13.2 Å². The molecule has 1 aromatic rings. The van der Waals surface area contributed by atoms with Crippen LogP contribution in [0.25, 0.3) is 0 Å². The fourth-order valence-electron chi connectivity index (χ4n) is 1.48. The minimum absolute atomic E-state index is 0.0578. The third-order valence-electron chi connectivity index (χ3n) is 2.44. The lowest BCUT2D eigenvalue weighted by Gasteiger charge is -2.11. The molecule has 17 heavy (non-hydrogen) atoms. The average Bonchev–Trinajstić information content (AvgIpc) is 2.27. The molecule has 0 heterocycles. The molecule has 0 aliphatic rings. The van der Waals surface area contributed by atoms with Gasteiger partial charge >= 0.3 is 0 Å². The molecule has 0 saturated heterocycles. The molecule has 0 aliphatic heterocycles.